The molecule has 6 nitrogen and oxygen atoms in total. The molecule has 128 valence electrons. The molecule has 1 aromatic carbocycles. The Morgan fingerprint density at radius 3 is 2.60 bits per heavy atom. The van der Waals surface area contributed by atoms with E-state index in [1.165, 1.54) is 6.26 Å². The zero-order chi connectivity index (χ0) is 17.1. The molecule has 1 aliphatic heterocycles. The molecular weight excluding hydrogens is 318 g/mol. The molecule has 3 heterocycles. The summed E-state index contributed by atoms with van der Waals surface area (Å²) in [7, 11) is 0. The standard InChI is InChI=1S/C19H19N3O3/c23-19(16-7-4-12-24-16)22-10-8-14(9-11-22)13-17-20-21-18(25-17)15-5-2-1-3-6-15/h1-7,12,14H,8-11,13H2. The van der Waals surface area contributed by atoms with Crippen molar-refractivity contribution in [2.24, 2.45) is 5.92 Å². The highest BCUT2D eigenvalue weighted by Gasteiger charge is 2.26. The number of amides is 1. The van der Waals surface area contributed by atoms with Gasteiger partial charge >= 0.3 is 0 Å². The summed E-state index contributed by atoms with van der Waals surface area (Å²) in [6.45, 7) is 1.45. The number of benzene rings is 1. The molecule has 0 unspecified atom stereocenters. The molecule has 25 heavy (non-hydrogen) atoms. The van der Waals surface area contributed by atoms with Crippen LogP contribution in [0.4, 0.5) is 0 Å². The van der Waals surface area contributed by atoms with Crippen LogP contribution in [-0.4, -0.2) is 34.1 Å². The van der Waals surface area contributed by atoms with Gasteiger partial charge in [-0.05, 0) is 43.0 Å². The number of hydrogen-bond acceptors (Lipinski definition) is 5. The molecule has 0 saturated carbocycles. The van der Waals surface area contributed by atoms with E-state index in [1.807, 2.05) is 35.2 Å². The minimum absolute atomic E-state index is 0.0346. The largest absolute Gasteiger partial charge is 0.459 e. The second kappa shape index (κ2) is 6.93. The van der Waals surface area contributed by atoms with Crippen LogP contribution >= 0.6 is 0 Å². The summed E-state index contributed by atoms with van der Waals surface area (Å²) >= 11 is 0. The summed E-state index contributed by atoms with van der Waals surface area (Å²) in [5.41, 5.74) is 0.931. The Morgan fingerprint density at radius 1 is 1.08 bits per heavy atom. The first-order valence-electron chi connectivity index (χ1n) is 8.50. The van der Waals surface area contributed by atoms with Crippen molar-refractivity contribution < 1.29 is 13.6 Å². The first-order chi connectivity index (χ1) is 12.3. The molecule has 1 saturated heterocycles. The van der Waals surface area contributed by atoms with E-state index in [9.17, 15) is 4.79 Å². The van der Waals surface area contributed by atoms with Gasteiger partial charge in [-0.15, -0.1) is 10.2 Å². The Morgan fingerprint density at radius 2 is 1.88 bits per heavy atom. The zero-order valence-electron chi connectivity index (χ0n) is 13.8. The van der Waals surface area contributed by atoms with Crippen molar-refractivity contribution in [3.8, 4) is 11.5 Å². The number of rotatable bonds is 4. The molecule has 1 amide bonds. The van der Waals surface area contributed by atoms with Crippen molar-refractivity contribution >= 4 is 5.91 Å². The van der Waals surface area contributed by atoms with Gasteiger partial charge in [-0.1, -0.05) is 18.2 Å². The van der Waals surface area contributed by atoms with Crippen molar-refractivity contribution in [3.63, 3.8) is 0 Å². The van der Waals surface area contributed by atoms with Gasteiger partial charge in [-0.25, -0.2) is 0 Å². The molecule has 0 aliphatic carbocycles. The highest BCUT2D eigenvalue weighted by molar-refractivity contribution is 5.91. The van der Waals surface area contributed by atoms with E-state index in [1.54, 1.807) is 12.1 Å². The van der Waals surface area contributed by atoms with Gasteiger partial charge in [0.05, 0.1) is 6.26 Å². The Hall–Kier alpha value is -2.89. The molecule has 2 aromatic heterocycles. The summed E-state index contributed by atoms with van der Waals surface area (Å²) in [6.07, 6.45) is 4.13. The summed E-state index contributed by atoms with van der Waals surface area (Å²) in [5.74, 6) is 2.04. The van der Waals surface area contributed by atoms with Crippen molar-refractivity contribution in [2.45, 2.75) is 19.3 Å². The molecule has 3 aromatic rings. The van der Waals surface area contributed by atoms with Crippen LogP contribution < -0.4 is 0 Å². The van der Waals surface area contributed by atoms with E-state index in [4.69, 9.17) is 8.83 Å². The molecule has 1 fully saturated rings. The molecule has 4 rings (SSSR count). The lowest BCUT2D eigenvalue weighted by Crippen LogP contribution is -2.38. The van der Waals surface area contributed by atoms with Crippen LogP contribution in [0.5, 0.6) is 0 Å². The van der Waals surface area contributed by atoms with Crippen molar-refractivity contribution in [3.05, 3.63) is 60.4 Å². The van der Waals surface area contributed by atoms with Crippen LogP contribution in [0.25, 0.3) is 11.5 Å². The Kier molecular flexibility index (Phi) is 4.33. The van der Waals surface area contributed by atoms with E-state index in [2.05, 4.69) is 10.2 Å². The number of likely N-dealkylation sites (tertiary alicyclic amines) is 1. The molecule has 1 aliphatic rings. The van der Waals surface area contributed by atoms with Gasteiger partial charge in [-0.2, -0.15) is 0 Å². The number of hydrogen-bond donors (Lipinski definition) is 0. The van der Waals surface area contributed by atoms with Gasteiger partial charge < -0.3 is 13.7 Å². The number of furan rings is 1. The lowest BCUT2D eigenvalue weighted by molar-refractivity contribution is 0.0656. The number of piperidine rings is 1. The minimum Gasteiger partial charge on any atom is -0.459 e. The monoisotopic (exact) mass is 337 g/mol. The maximum Gasteiger partial charge on any atom is 0.289 e. The molecular formula is C19H19N3O3. The van der Waals surface area contributed by atoms with Gasteiger partial charge in [0.25, 0.3) is 5.91 Å². The fraction of sp³-hybridized carbons (Fsp3) is 0.316. The maximum absolute atomic E-state index is 12.3. The molecule has 0 N–H and O–H groups in total. The Balaban J connectivity index is 1.33. The van der Waals surface area contributed by atoms with Crippen LogP contribution in [0.3, 0.4) is 0 Å². The van der Waals surface area contributed by atoms with E-state index in [0.29, 0.717) is 23.5 Å². The third kappa shape index (κ3) is 3.47. The molecule has 0 spiro atoms. The number of aromatic nitrogens is 2. The van der Waals surface area contributed by atoms with Crippen molar-refractivity contribution in [1.82, 2.24) is 15.1 Å². The second-order valence-electron chi connectivity index (χ2n) is 6.28. The first-order valence-corrected chi connectivity index (χ1v) is 8.50. The van der Waals surface area contributed by atoms with Gasteiger partial charge in [0.2, 0.25) is 11.8 Å². The first kappa shape index (κ1) is 15.6. The summed E-state index contributed by atoms with van der Waals surface area (Å²) in [6, 6.07) is 13.2. The van der Waals surface area contributed by atoms with E-state index < -0.39 is 0 Å². The number of nitrogens with zero attached hydrogens (tertiary/aromatic N) is 3. The fourth-order valence-electron chi connectivity index (χ4n) is 3.18. The zero-order valence-corrected chi connectivity index (χ0v) is 13.8. The van der Waals surface area contributed by atoms with Gasteiger partial charge in [0, 0.05) is 25.1 Å². The second-order valence-corrected chi connectivity index (χ2v) is 6.28. The SMILES string of the molecule is O=C(c1ccco1)N1CCC(Cc2nnc(-c3ccccc3)o2)CC1. The highest BCUT2D eigenvalue weighted by atomic mass is 16.4. The molecule has 0 radical (unpaired) electrons. The topological polar surface area (TPSA) is 72.4 Å². The lowest BCUT2D eigenvalue weighted by atomic mass is 9.93. The predicted molar refractivity (Wildman–Crippen MR) is 90.8 cm³/mol. The van der Waals surface area contributed by atoms with E-state index >= 15 is 0 Å². The molecule has 0 atom stereocenters. The van der Waals surface area contributed by atoms with Crippen LogP contribution in [-0.2, 0) is 6.42 Å². The van der Waals surface area contributed by atoms with Crippen LogP contribution in [0, 0.1) is 5.92 Å². The predicted octanol–water partition coefficient (Wildman–Crippen LogP) is 3.42. The van der Waals surface area contributed by atoms with Crippen LogP contribution in [0.2, 0.25) is 0 Å². The van der Waals surface area contributed by atoms with E-state index in [-0.39, 0.29) is 5.91 Å². The van der Waals surface area contributed by atoms with Gasteiger partial charge in [0.1, 0.15) is 0 Å². The lowest BCUT2D eigenvalue weighted by Gasteiger charge is -2.30. The average molecular weight is 337 g/mol. The summed E-state index contributed by atoms with van der Waals surface area (Å²) < 4.78 is 11.0. The Bertz CT molecular complexity index is 819. The molecule has 0 bridgehead atoms. The third-order valence-corrected chi connectivity index (χ3v) is 4.58. The van der Waals surface area contributed by atoms with Gasteiger partial charge in [-0.3, -0.25) is 4.79 Å². The third-order valence-electron chi connectivity index (χ3n) is 4.58. The Labute approximate surface area is 145 Å². The fourth-order valence-corrected chi connectivity index (χ4v) is 3.18. The van der Waals surface area contributed by atoms with Crippen molar-refractivity contribution in [1.29, 1.82) is 0 Å². The summed E-state index contributed by atoms with van der Waals surface area (Å²) in [4.78, 5) is 14.1. The smallest absolute Gasteiger partial charge is 0.289 e. The number of carbonyl (C=O) groups excluding carboxylic acids is 1. The normalized spacial score (nSPS) is 15.4. The van der Waals surface area contributed by atoms with Crippen LogP contribution in [0.15, 0.2) is 57.6 Å². The average Bonchev–Trinajstić information content (AvgIpc) is 3.35. The maximum atomic E-state index is 12.3. The van der Waals surface area contributed by atoms with Crippen LogP contribution in [0.1, 0.15) is 29.3 Å². The quantitative estimate of drug-likeness (QED) is 0.729. The number of carbonyl (C=O) groups is 1. The van der Waals surface area contributed by atoms with E-state index in [0.717, 1.165) is 37.9 Å². The minimum atomic E-state index is -0.0346. The highest BCUT2D eigenvalue weighted by Crippen LogP contribution is 2.24. The van der Waals surface area contributed by atoms with Gasteiger partial charge in [0.15, 0.2) is 5.76 Å². The summed E-state index contributed by atoms with van der Waals surface area (Å²) in [5, 5.41) is 8.30. The van der Waals surface area contributed by atoms with Crippen molar-refractivity contribution in [2.75, 3.05) is 13.1 Å². The molecule has 6 heteroatoms.